The predicted molar refractivity (Wildman–Crippen MR) is 74.9 cm³/mol. The molecule has 0 aromatic heterocycles. The van der Waals surface area contributed by atoms with Crippen LogP contribution in [0.1, 0.15) is 29.6 Å². The largest absolute Gasteiger partial charge is 0.457 e. The minimum absolute atomic E-state index is 0.177. The molecule has 0 amide bonds. The first-order chi connectivity index (χ1) is 9.41. The molecule has 1 aliphatic rings. The standard InChI is InChI=1S/C15H16O4S/c1-3-4-14(11-5-6-11)19-15(16)12-7-9-13(10-8-12)20(2,17)18/h1,7-11,14H,4-6H2,2H3/t14-/m1/s1. The van der Waals surface area contributed by atoms with Gasteiger partial charge in [-0.05, 0) is 43.0 Å². The van der Waals surface area contributed by atoms with Crippen molar-refractivity contribution in [1.29, 1.82) is 0 Å². The number of sulfone groups is 1. The Bertz CT molecular complexity index is 633. The van der Waals surface area contributed by atoms with E-state index in [0.29, 0.717) is 17.9 Å². The van der Waals surface area contributed by atoms with Gasteiger partial charge in [0.05, 0.1) is 10.5 Å². The lowest BCUT2D eigenvalue weighted by atomic mass is 10.1. The van der Waals surface area contributed by atoms with Gasteiger partial charge in [0, 0.05) is 12.7 Å². The normalized spacial score (nSPS) is 16.2. The maximum Gasteiger partial charge on any atom is 0.338 e. The number of ether oxygens (including phenoxy) is 1. The highest BCUT2D eigenvalue weighted by molar-refractivity contribution is 7.90. The maximum atomic E-state index is 12.0. The van der Waals surface area contributed by atoms with Crippen LogP contribution in [0.3, 0.4) is 0 Å². The summed E-state index contributed by atoms with van der Waals surface area (Å²) in [5.74, 6) is 2.42. The van der Waals surface area contributed by atoms with Crippen LogP contribution in [0, 0.1) is 18.3 Å². The van der Waals surface area contributed by atoms with E-state index in [4.69, 9.17) is 11.2 Å². The monoisotopic (exact) mass is 292 g/mol. The second-order valence-corrected chi connectivity index (χ2v) is 7.00. The van der Waals surface area contributed by atoms with Crippen molar-refractivity contribution in [3.8, 4) is 12.3 Å². The molecule has 0 heterocycles. The average molecular weight is 292 g/mol. The average Bonchev–Trinajstić information content (AvgIpc) is 3.21. The molecule has 1 aromatic rings. The van der Waals surface area contributed by atoms with Crippen LogP contribution >= 0.6 is 0 Å². The molecule has 0 N–H and O–H groups in total. The fraction of sp³-hybridized carbons (Fsp3) is 0.400. The van der Waals surface area contributed by atoms with Gasteiger partial charge in [0.1, 0.15) is 6.10 Å². The highest BCUT2D eigenvalue weighted by Crippen LogP contribution is 2.36. The van der Waals surface area contributed by atoms with Crippen molar-refractivity contribution in [3.05, 3.63) is 29.8 Å². The number of hydrogen-bond acceptors (Lipinski definition) is 4. The number of carbonyl (C=O) groups is 1. The van der Waals surface area contributed by atoms with Crippen molar-refractivity contribution < 1.29 is 17.9 Å². The molecule has 1 aliphatic carbocycles. The summed E-state index contributed by atoms with van der Waals surface area (Å²) < 4.78 is 28.1. The smallest absolute Gasteiger partial charge is 0.338 e. The number of terminal acetylenes is 1. The van der Waals surface area contributed by atoms with Crippen LogP contribution in [0.25, 0.3) is 0 Å². The van der Waals surface area contributed by atoms with E-state index in [-0.39, 0.29) is 11.0 Å². The minimum atomic E-state index is -3.26. The number of esters is 1. The molecule has 0 spiro atoms. The van der Waals surface area contributed by atoms with E-state index in [9.17, 15) is 13.2 Å². The summed E-state index contributed by atoms with van der Waals surface area (Å²) in [7, 11) is -3.26. The zero-order valence-electron chi connectivity index (χ0n) is 11.2. The summed E-state index contributed by atoms with van der Waals surface area (Å²) in [5, 5.41) is 0. The Morgan fingerprint density at radius 2 is 2.00 bits per heavy atom. The lowest BCUT2D eigenvalue weighted by Gasteiger charge is -2.14. The van der Waals surface area contributed by atoms with E-state index < -0.39 is 15.8 Å². The topological polar surface area (TPSA) is 60.4 Å². The van der Waals surface area contributed by atoms with E-state index >= 15 is 0 Å². The van der Waals surface area contributed by atoms with Crippen LogP contribution in [-0.4, -0.2) is 26.7 Å². The van der Waals surface area contributed by atoms with Crippen LogP contribution in [0.2, 0.25) is 0 Å². The van der Waals surface area contributed by atoms with Crippen LogP contribution in [0.4, 0.5) is 0 Å². The molecule has 1 atom stereocenters. The molecule has 0 saturated heterocycles. The maximum absolute atomic E-state index is 12.0. The van der Waals surface area contributed by atoms with Crippen LogP contribution in [0.5, 0.6) is 0 Å². The van der Waals surface area contributed by atoms with Gasteiger partial charge in [-0.3, -0.25) is 0 Å². The lowest BCUT2D eigenvalue weighted by Crippen LogP contribution is -2.20. The second kappa shape index (κ2) is 5.68. The Morgan fingerprint density at radius 3 is 2.45 bits per heavy atom. The van der Waals surface area contributed by atoms with Crippen LogP contribution < -0.4 is 0 Å². The molecule has 0 aliphatic heterocycles. The van der Waals surface area contributed by atoms with Gasteiger partial charge >= 0.3 is 5.97 Å². The van der Waals surface area contributed by atoms with Gasteiger partial charge in [-0.2, -0.15) is 0 Å². The number of carbonyl (C=O) groups excluding carboxylic acids is 1. The molecule has 1 fully saturated rings. The molecule has 0 unspecified atom stereocenters. The molecule has 0 bridgehead atoms. The Hall–Kier alpha value is -1.80. The summed E-state index contributed by atoms with van der Waals surface area (Å²) in [6.45, 7) is 0. The summed E-state index contributed by atoms with van der Waals surface area (Å²) in [4.78, 5) is 12.2. The zero-order valence-corrected chi connectivity index (χ0v) is 12.0. The van der Waals surface area contributed by atoms with Gasteiger partial charge in [0.15, 0.2) is 9.84 Å². The van der Waals surface area contributed by atoms with E-state index in [0.717, 1.165) is 19.1 Å². The fourth-order valence-electron chi connectivity index (χ4n) is 1.93. The van der Waals surface area contributed by atoms with Gasteiger partial charge in [-0.25, -0.2) is 13.2 Å². The third-order valence-electron chi connectivity index (χ3n) is 3.24. The molecule has 0 radical (unpaired) electrons. The van der Waals surface area contributed by atoms with Crippen molar-refractivity contribution >= 4 is 15.8 Å². The highest BCUT2D eigenvalue weighted by Gasteiger charge is 2.33. The number of rotatable bonds is 5. The Balaban J connectivity index is 2.07. The summed E-state index contributed by atoms with van der Waals surface area (Å²) >= 11 is 0. The van der Waals surface area contributed by atoms with Gasteiger partial charge in [0.25, 0.3) is 0 Å². The van der Waals surface area contributed by atoms with Crippen molar-refractivity contribution in [3.63, 3.8) is 0 Å². The third kappa shape index (κ3) is 3.61. The molecule has 2 rings (SSSR count). The third-order valence-corrected chi connectivity index (χ3v) is 4.37. The molecular formula is C15H16O4S. The highest BCUT2D eigenvalue weighted by atomic mass is 32.2. The minimum Gasteiger partial charge on any atom is -0.457 e. The second-order valence-electron chi connectivity index (χ2n) is 4.99. The van der Waals surface area contributed by atoms with E-state index in [1.54, 1.807) is 0 Å². The molecule has 4 nitrogen and oxygen atoms in total. The first-order valence-corrected chi connectivity index (χ1v) is 8.25. The first-order valence-electron chi connectivity index (χ1n) is 6.36. The fourth-order valence-corrected chi connectivity index (χ4v) is 2.56. The molecule has 5 heteroatoms. The summed E-state index contributed by atoms with van der Waals surface area (Å²) in [5.41, 5.74) is 0.333. The van der Waals surface area contributed by atoms with Gasteiger partial charge < -0.3 is 4.74 Å². The van der Waals surface area contributed by atoms with E-state index in [2.05, 4.69) is 5.92 Å². The van der Waals surface area contributed by atoms with Crippen LogP contribution in [-0.2, 0) is 14.6 Å². The number of benzene rings is 1. The SMILES string of the molecule is C#CC[C@@H](OC(=O)c1ccc(S(C)(=O)=O)cc1)C1CC1. The Kier molecular flexibility index (Phi) is 4.15. The molecule has 1 saturated carbocycles. The van der Waals surface area contributed by atoms with Gasteiger partial charge in [-0.15, -0.1) is 12.3 Å². The van der Waals surface area contributed by atoms with Crippen molar-refractivity contribution in [2.45, 2.75) is 30.3 Å². The zero-order chi connectivity index (χ0) is 14.8. The predicted octanol–water partition coefficient (Wildman–Crippen LogP) is 2.05. The van der Waals surface area contributed by atoms with E-state index in [1.807, 2.05) is 0 Å². The summed E-state index contributed by atoms with van der Waals surface area (Å²) in [6.07, 6.45) is 8.64. The quantitative estimate of drug-likeness (QED) is 0.615. The Labute approximate surface area is 119 Å². The van der Waals surface area contributed by atoms with Crippen LogP contribution in [0.15, 0.2) is 29.2 Å². The van der Waals surface area contributed by atoms with Gasteiger partial charge in [-0.1, -0.05) is 0 Å². The van der Waals surface area contributed by atoms with E-state index in [1.165, 1.54) is 24.3 Å². The molecule has 1 aromatic carbocycles. The van der Waals surface area contributed by atoms with Crippen molar-refractivity contribution in [2.24, 2.45) is 5.92 Å². The number of hydrogen-bond donors (Lipinski definition) is 0. The van der Waals surface area contributed by atoms with Gasteiger partial charge in [0.2, 0.25) is 0 Å². The molecule has 106 valence electrons. The van der Waals surface area contributed by atoms with Crippen molar-refractivity contribution in [2.75, 3.05) is 6.26 Å². The van der Waals surface area contributed by atoms with Crippen molar-refractivity contribution in [1.82, 2.24) is 0 Å². The first kappa shape index (κ1) is 14.6. The lowest BCUT2D eigenvalue weighted by molar-refractivity contribution is 0.0261. The Morgan fingerprint density at radius 1 is 1.40 bits per heavy atom. The summed E-state index contributed by atoms with van der Waals surface area (Å²) in [6, 6.07) is 5.72. The molecule has 20 heavy (non-hydrogen) atoms. The molecular weight excluding hydrogens is 276 g/mol.